The van der Waals surface area contributed by atoms with E-state index in [0.29, 0.717) is 11.3 Å². The Kier molecular flexibility index (Phi) is 3.39. The summed E-state index contributed by atoms with van der Waals surface area (Å²) in [5, 5.41) is 0. The van der Waals surface area contributed by atoms with Crippen LogP contribution in [0.3, 0.4) is 0 Å². The van der Waals surface area contributed by atoms with Crippen molar-refractivity contribution >= 4 is 28.2 Å². The summed E-state index contributed by atoms with van der Waals surface area (Å²) in [6.07, 6.45) is -1.36. The second-order valence-corrected chi connectivity index (χ2v) is 5.57. The van der Waals surface area contributed by atoms with Gasteiger partial charge in [-0.15, -0.1) is 0 Å². The number of fused-ring (bicyclic) bond motifs is 1. The second-order valence-electron chi connectivity index (χ2n) is 4.41. The minimum atomic E-state index is -4.73. The molecule has 2 nitrogen and oxygen atoms in total. The SMILES string of the molecule is Fc1ccc(-c2cn3cccc(I)c3n2)cc1C(F)(F)F. The van der Waals surface area contributed by atoms with Crippen LogP contribution in [0.1, 0.15) is 5.56 Å². The molecule has 1 aromatic carbocycles. The molecule has 0 N–H and O–H groups in total. The number of benzene rings is 1. The number of halogens is 5. The van der Waals surface area contributed by atoms with Crippen molar-refractivity contribution in [1.29, 1.82) is 0 Å². The molecule has 3 rings (SSSR count). The van der Waals surface area contributed by atoms with Crippen LogP contribution in [0.2, 0.25) is 0 Å². The zero-order valence-electron chi connectivity index (χ0n) is 10.3. The average molecular weight is 406 g/mol. The summed E-state index contributed by atoms with van der Waals surface area (Å²) in [5.41, 5.74) is -0.0504. The van der Waals surface area contributed by atoms with Crippen LogP contribution in [0.15, 0.2) is 42.7 Å². The monoisotopic (exact) mass is 406 g/mol. The largest absolute Gasteiger partial charge is 0.419 e. The molecule has 7 heteroatoms. The summed E-state index contributed by atoms with van der Waals surface area (Å²) in [4.78, 5) is 4.30. The second kappa shape index (κ2) is 4.97. The molecule has 0 spiro atoms. The molecule has 21 heavy (non-hydrogen) atoms. The Morgan fingerprint density at radius 3 is 2.57 bits per heavy atom. The van der Waals surface area contributed by atoms with Crippen molar-refractivity contribution in [3.8, 4) is 11.3 Å². The van der Waals surface area contributed by atoms with Gasteiger partial charge in [-0.25, -0.2) is 9.37 Å². The van der Waals surface area contributed by atoms with E-state index >= 15 is 0 Å². The Labute approximate surface area is 130 Å². The molecule has 0 radical (unpaired) electrons. The van der Waals surface area contributed by atoms with E-state index in [4.69, 9.17) is 0 Å². The lowest BCUT2D eigenvalue weighted by Gasteiger charge is -2.08. The van der Waals surface area contributed by atoms with Gasteiger partial charge in [-0.2, -0.15) is 13.2 Å². The fourth-order valence-corrected chi connectivity index (χ4v) is 2.63. The van der Waals surface area contributed by atoms with Crippen LogP contribution in [0.25, 0.3) is 16.9 Å². The maximum absolute atomic E-state index is 13.3. The Morgan fingerprint density at radius 2 is 1.90 bits per heavy atom. The third-order valence-electron chi connectivity index (χ3n) is 3.00. The van der Waals surface area contributed by atoms with Crippen LogP contribution in [-0.2, 0) is 6.18 Å². The number of pyridine rings is 1. The zero-order valence-corrected chi connectivity index (χ0v) is 12.5. The minimum absolute atomic E-state index is 0.225. The summed E-state index contributed by atoms with van der Waals surface area (Å²) in [6, 6.07) is 6.54. The number of nitrogens with zero attached hydrogens (tertiary/aromatic N) is 2. The number of hydrogen-bond donors (Lipinski definition) is 0. The quantitative estimate of drug-likeness (QED) is 0.421. The molecule has 0 aliphatic carbocycles. The van der Waals surface area contributed by atoms with Crippen molar-refractivity contribution in [2.24, 2.45) is 0 Å². The van der Waals surface area contributed by atoms with E-state index in [1.165, 1.54) is 6.07 Å². The van der Waals surface area contributed by atoms with E-state index < -0.39 is 17.6 Å². The van der Waals surface area contributed by atoms with Gasteiger partial charge in [0.25, 0.3) is 0 Å². The van der Waals surface area contributed by atoms with Crippen molar-refractivity contribution < 1.29 is 17.6 Å². The molecular weight excluding hydrogens is 399 g/mol. The molecule has 3 aromatic rings. The molecule has 0 aliphatic heterocycles. The topological polar surface area (TPSA) is 17.3 Å². The summed E-state index contributed by atoms with van der Waals surface area (Å²) < 4.78 is 54.1. The molecule has 2 aromatic heterocycles. The molecule has 0 atom stereocenters. The highest BCUT2D eigenvalue weighted by Gasteiger charge is 2.34. The van der Waals surface area contributed by atoms with Gasteiger partial charge in [0.15, 0.2) is 5.65 Å². The first-order valence-electron chi connectivity index (χ1n) is 5.86. The van der Waals surface area contributed by atoms with Crippen molar-refractivity contribution in [3.05, 3.63) is 57.7 Å². The fourth-order valence-electron chi connectivity index (χ4n) is 2.02. The van der Waals surface area contributed by atoms with Crippen molar-refractivity contribution in [2.45, 2.75) is 6.18 Å². The first kappa shape index (κ1) is 14.3. The Morgan fingerprint density at radius 1 is 1.14 bits per heavy atom. The minimum Gasteiger partial charge on any atom is -0.306 e. The van der Waals surface area contributed by atoms with Crippen LogP contribution in [0, 0.1) is 9.39 Å². The number of aromatic nitrogens is 2. The van der Waals surface area contributed by atoms with Gasteiger partial charge in [-0.05, 0) is 52.9 Å². The Hall–Kier alpha value is -1.64. The van der Waals surface area contributed by atoms with Gasteiger partial charge >= 0.3 is 6.18 Å². The predicted molar refractivity (Wildman–Crippen MR) is 78.3 cm³/mol. The first-order chi connectivity index (χ1) is 9.86. The molecule has 108 valence electrons. The molecule has 0 saturated carbocycles. The first-order valence-corrected chi connectivity index (χ1v) is 6.94. The summed E-state index contributed by atoms with van der Waals surface area (Å²) >= 11 is 2.09. The average Bonchev–Trinajstić information content (AvgIpc) is 2.83. The lowest BCUT2D eigenvalue weighted by Crippen LogP contribution is -2.08. The van der Waals surface area contributed by atoms with E-state index in [9.17, 15) is 17.6 Å². The lowest BCUT2D eigenvalue weighted by atomic mass is 10.1. The van der Waals surface area contributed by atoms with Crippen LogP contribution < -0.4 is 0 Å². The number of hydrogen-bond acceptors (Lipinski definition) is 1. The van der Waals surface area contributed by atoms with E-state index in [1.807, 2.05) is 12.1 Å². The third-order valence-corrected chi connectivity index (χ3v) is 3.84. The van der Waals surface area contributed by atoms with Gasteiger partial charge in [0, 0.05) is 18.0 Å². The van der Waals surface area contributed by atoms with Crippen molar-refractivity contribution in [1.82, 2.24) is 9.38 Å². The fraction of sp³-hybridized carbons (Fsp3) is 0.0714. The molecule has 0 saturated heterocycles. The molecule has 0 unspecified atom stereocenters. The number of imidazole rings is 1. The maximum atomic E-state index is 13.3. The maximum Gasteiger partial charge on any atom is 0.419 e. The third kappa shape index (κ3) is 2.61. The molecule has 0 fully saturated rings. The highest BCUT2D eigenvalue weighted by Crippen LogP contribution is 2.34. The summed E-state index contributed by atoms with van der Waals surface area (Å²) in [7, 11) is 0. The van der Waals surface area contributed by atoms with Crippen LogP contribution >= 0.6 is 22.6 Å². The molecule has 2 heterocycles. The van der Waals surface area contributed by atoms with Gasteiger partial charge in [0.2, 0.25) is 0 Å². The van der Waals surface area contributed by atoms with Gasteiger partial charge in [-0.3, -0.25) is 0 Å². The molecule has 0 aliphatic rings. The standard InChI is InChI=1S/C14H7F4IN2/c15-10-4-3-8(6-9(10)14(16,17)18)12-7-21-5-1-2-11(19)13(21)20-12/h1-7H. The summed E-state index contributed by atoms with van der Waals surface area (Å²) in [5.74, 6) is -1.29. The van der Waals surface area contributed by atoms with Crippen LogP contribution in [-0.4, -0.2) is 9.38 Å². The van der Waals surface area contributed by atoms with E-state index in [-0.39, 0.29) is 5.56 Å². The van der Waals surface area contributed by atoms with Gasteiger partial charge in [-0.1, -0.05) is 0 Å². The Bertz CT molecular complexity index is 823. The number of rotatable bonds is 1. The normalized spacial score (nSPS) is 12.0. The molecule has 0 amide bonds. The Balaban J connectivity index is 2.17. The van der Waals surface area contributed by atoms with Crippen molar-refractivity contribution in [2.75, 3.05) is 0 Å². The van der Waals surface area contributed by atoms with E-state index in [2.05, 4.69) is 27.6 Å². The van der Waals surface area contributed by atoms with E-state index in [1.54, 1.807) is 16.8 Å². The van der Waals surface area contributed by atoms with Gasteiger partial charge < -0.3 is 4.40 Å². The highest BCUT2D eigenvalue weighted by molar-refractivity contribution is 14.1. The molecular formula is C14H7F4IN2. The van der Waals surface area contributed by atoms with Crippen LogP contribution in [0.4, 0.5) is 17.6 Å². The highest BCUT2D eigenvalue weighted by atomic mass is 127. The predicted octanol–water partition coefficient (Wildman–Crippen LogP) is 4.76. The van der Waals surface area contributed by atoms with Gasteiger partial charge in [0.1, 0.15) is 5.82 Å². The van der Waals surface area contributed by atoms with E-state index in [0.717, 1.165) is 15.7 Å². The van der Waals surface area contributed by atoms with Crippen molar-refractivity contribution in [3.63, 3.8) is 0 Å². The number of alkyl halides is 3. The lowest BCUT2D eigenvalue weighted by molar-refractivity contribution is -0.139. The molecule has 0 bridgehead atoms. The summed E-state index contributed by atoms with van der Waals surface area (Å²) in [6.45, 7) is 0. The van der Waals surface area contributed by atoms with Gasteiger partial charge in [0.05, 0.1) is 14.8 Å². The zero-order chi connectivity index (χ0) is 15.2. The smallest absolute Gasteiger partial charge is 0.306 e. The van der Waals surface area contributed by atoms with Crippen LogP contribution in [0.5, 0.6) is 0 Å².